The summed E-state index contributed by atoms with van der Waals surface area (Å²) in [5.74, 6) is 0. The zero-order valence-electron chi connectivity index (χ0n) is 10.5. The number of sulfonamides is 1. The van der Waals surface area contributed by atoms with Crippen LogP contribution in [0.4, 0.5) is 4.39 Å². The number of fused-ring (bicyclic) bond motifs is 1. The zero-order chi connectivity index (χ0) is 14.2. The lowest BCUT2D eigenvalue weighted by molar-refractivity contribution is -0.0136. The van der Waals surface area contributed by atoms with Gasteiger partial charge in [-0.2, -0.15) is 4.31 Å². The summed E-state index contributed by atoms with van der Waals surface area (Å²) in [5.41, 5.74) is 2.45. The van der Waals surface area contributed by atoms with Gasteiger partial charge in [0.1, 0.15) is 6.67 Å². The maximum atomic E-state index is 12.7. The van der Waals surface area contributed by atoms with Crippen LogP contribution in [-0.2, 0) is 14.8 Å². The molecule has 1 aliphatic heterocycles. The van der Waals surface area contributed by atoms with Gasteiger partial charge in [0.05, 0.1) is 33.3 Å². The lowest BCUT2D eigenvalue weighted by Gasteiger charge is -2.30. The molecule has 3 rings (SSSR count). The molecule has 0 radical (unpaired) electrons. The van der Waals surface area contributed by atoms with Gasteiger partial charge >= 0.3 is 0 Å². The Bertz CT molecular complexity index is 716. The number of rotatable bonds is 3. The Morgan fingerprint density at radius 3 is 3.15 bits per heavy atom. The maximum absolute atomic E-state index is 12.7. The molecule has 108 valence electrons. The van der Waals surface area contributed by atoms with Crippen LogP contribution in [0.3, 0.4) is 0 Å². The van der Waals surface area contributed by atoms with E-state index in [4.69, 9.17) is 4.74 Å². The topological polar surface area (TPSA) is 59.5 Å². The summed E-state index contributed by atoms with van der Waals surface area (Å²) in [5, 5.41) is 0. The Balaban J connectivity index is 1.94. The minimum Gasteiger partial charge on any atom is -0.373 e. The number of thiazole rings is 1. The van der Waals surface area contributed by atoms with E-state index in [0.717, 1.165) is 10.2 Å². The van der Waals surface area contributed by atoms with Gasteiger partial charge in [0.2, 0.25) is 10.0 Å². The van der Waals surface area contributed by atoms with Gasteiger partial charge in [-0.1, -0.05) is 0 Å². The standard InChI is InChI=1S/C12H13FN2O3S2/c13-6-9-7-15(3-4-18-9)20(16,17)10-1-2-11-12(5-10)19-8-14-11/h1-2,5,8-9H,3-4,6-7H2. The van der Waals surface area contributed by atoms with E-state index in [1.54, 1.807) is 17.6 Å². The molecule has 0 spiro atoms. The SMILES string of the molecule is O=S(=O)(c1ccc2ncsc2c1)N1CCOC(CF)C1. The Kier molecular flexibility index (Phi) is 3.72. The van der Waals surface area contributed by atoms with Crippen molar-refractivity contribution in [3.63, 3.8) is 0 Å². The maximum Gasteiger partial charge on any atom is 0.243 e. The number of ether oxygens (including phenoxy) is 1. The van der Waals surface area contributed by atoms with E-state index in [1.165, 1.54) is 21.7 Å². The molecule has 1 aliphatic rings. The predicted octanol–water partition coefficient (Wildman–Crippen LogP) is 1.66. The fourth-order valence-electron chi connectivity index (χ4n) is 2.15. The summed E-state index contributed by atoms with van der Waals surface area (Å²) in [6, 6.07) is 4.84. The van der Waals surface area contributed by atoms with Gasteiger partial charge in [-0.15, -0.1) is 11.3 Å². The molecular weight excluding hydrogens is 303 g/mol. The average molecular weight is 316 g/mol. The second-order valence-corrected chi connectivity index (χ2v) is 7.32. The van der Waals surface area contributed by atoms with Gasteiger partial charge in [0.25, 0.3) is 0 Å². The van der Waals surface area contributed by atoms with E-state index >= 15 is 0 Å². The van der Waals surface area contributed by atoms with Crippen LogP contribution in [0.5, 0.6) is 0 Å². The summed E-state index contributed by atoms with van der Waals surface area (Å²) < 4.78 is 45.0. The van der Waals surface area contributed by atoms with Crippen LogP contribution >= 0.6 is 11.3 Å². The Morgan fingerprint density at radius 1 is 1.50 bits per heavy atom. The van der Waals surface area contributed by atoms with Gasteiger partial charge < -0.3 is 4.74 Å². The van der Waals surface area contributed by atoms with Gasteiger partial charge in [0, 0.05) is 13.1 Å². The van der Waals surface area contributed by atoms with Crippen molar-refractivity contribution in [1.82, 2.24) is 9.29 Å². The highest BCUT2D eigenvalue weighted by Crippen LogP contribution is 2.25. The highest BCUT2D eigenvalue weighted by atomic mass is 32.2. The van der Waals surface area contributed by atoms with Crippen LogP contribution < -0.4 is 0 Å². The molecule has 0 N–H and O–H groups in total. The molecule has 0 aliphatic carbocycles. The number of nitrogens with zero attached hydrogens (tertiary/aromatic N) is 2. The molecular formula is C12H13FN2O3S2. The molecule has 0 bridgehead atoms. The van der Waals surface area contributed by atoms with Crippen molar-refractivity contribution in [3.8, 4) is 0 Å². The molecule has 2 aromatic rings. The van der Waals surface area contributed by atoms with Crippen molar-refractivity contribution in [2.75, 3.05) is 26.4 Å². The number of hydrogen-bond acceptors (Lipinski definition) is 5. The van der Waals surface area contributed by atoms with Gasteiger partial charge in [0.15, 0.2) is 0 Å². The third kappa shape index (κ3) is 2.44. The second kappa shape index (κ2) is 5.36. The van der Waals surface area contributed by atoms with Crippen LogP contribution in [0.15, 0.2) is 28.6 Å². The molecule has 0 amide bonds. The molecule has 1 aromatic carbocycles. The summed E-state index contributed by atoms with van der Waals surface area (Å²) in [6.45, 7) is -0.157. The van der Waals surface area contributed by atoms with Crippen LogP contribution in [0.2, 0.25) is 0 Å². The first-order chi connectivity index (χ1) is 9.61. The van der Waals surface area contributed by atoms with E-state index in [1.807, 2.05) is 0 Å². The van der Waals surface area contributed by atoms with E-state index in [0.29, 0.717) is 0 Å². The van der Waals surface area contributed by atoms with Crippen molar-refractivity contribution >= 4 is 31.6 Å². The third-order valence-corrected chi connectivity index (χ3v) is 5.87. The largest absolute Gasteiger partial charge is 0.373 e. The Labute approximate surface area is 120 Å². The molecule has 20 heavy (non-hydrogen) atoms. The van der Waals surface area contributed by atoms with Crippen LogP contribution in [-0.4, -0.2) is 50.2 Å². The van der Waals surface area contributed by atoms with Crippen molar-refractivity contribution in [1.29, 1.82) is 0 Å². The fraction of sp³-hybridized carbons (Fsp3) is 0.417. The highest BCUT2D eigenvalue weighted by Gasteiger charge is 2.30. The first-order valence-corrected chi connectivity index (χ1v) is 8.44. The van der Waals surface area contributed by atoms with Gasteiger partial charge in [-0.25, -0.2) is 17.8 Å². The predicted molar refractivity (Wildman–Crippen MR) is 74.1 cm³/mol. The number of hydrogen-bond donors (Lipinski definition) is 0. The molecule has 1 unspecified atom stereocenters. The average Bonchev–Trinajstić information content (AvgIpc) is 2.94. The van der Waals surface area contributed by atoms with Crippen molar-refractivity contribution in [2.24, 2.45) is 0 Å². The second-order valence-electron chi connectivity index (χ2n) is 4.49. The molecule has 1 fully saturated rings. The first-order valence-electron chi connectivity index (χ1n) is 6.12. The smallest absolute Gasteiger partial charge is 0.243 e. The molecule has 8 heteroatoms. The first kappa shape index (κ1) is 13.9. The van der Waals surface area contributed by atoms with E-state index in [9.17, 15) is 12.8 Å². The third-order valence-electron chi connectivity index (χ3n) is 3.21. The van der Waals surface area contributed by atoms with Crippen molar-refractivity contribution < 1.29 is 17.5 Å². The number of alkyl halides is 1. The minimum absolute atomic E-state index is 0.0551. The molecule has 5 nitrogen and oxygen atoms in total. The lowest BCUT2D eigenvalue weighted by Crippen LogP contribution is -2.46. The van der Waals surface area contributed by atoms with Gasteiger partial charge in [-0.05, 0) is 18.2 Å². The van der Waals surface area contributed by atoms with Gasteiger partial charge in [-0.3, -0.25) is 0 Å². The van der Waals surface area contributed by atoms with Crippen LogP contribution in [0.1, 0.15) is 0 Å². The van der Waals surface area contributed by atoms with Crippen molar-refractivity contribution in [2.45, 2.75) is 11.0 Å². The summed E-state index contributed by atoms with van der Waals surface area (Å²) in [6.07, 6.45) is -0.675. The highest BCUT2D eigenvalue weighted by molar-refractivity contribution is 7.89. The summed E-state index contributed by atoms with van der Waals surface area (Å²) in [7, 11) is -3.61. The Hall–Kier alpha value is -1.09. The normalized spacial score (nSPS) is 21.4. The number of benzene rings is 1. The minimum atomic E-state index is -3.61. The fourth-order valence-corrected chi connectivity index (χ4v) is 4.42. The Morgan fingerprint density at radius 2 is 2.35 bits per heavy atom. The zero-order valence-corrected chi connectivity index (χ0v) is 12.2. The summed E-state index contributed by atoms with van der Waals surface area (Å²) >= 11 is 1.39. The van der Waals surface area contributed by atoms with E-state index in [-0.39, 0.29) is 24.6 Å². The van der Waals surface area contributed by atoms with E-state index in [2.05, 4.69) is 4.98 Å². The molecule has 1 atom stereocenters. The molecule has 1 saturated heterocycles. The number of halogens is 1. The van der Waals surface area contributed by atoms with Crippen molar-refractivity contribution in [3.05, 3.63) is 23.7 Å². The monoisotopic (exact) mass is 316 g/mol. The van der Waals surface area contributed by atoms with E-state index < -0.39 is 22.8 Å². The summed E-state index contributed by atoms with van der Waals surface area (Å²) in [4.78, 5) is 4.34. The molecule has 1 aromatic heterocycles. The molecule has 0 saturated carbocycles. The lowest BCUT2D eigenvalue weighted by atomic mass is 10.3. The quantitative estimate of drug-likeness (QED) is 0.864. The van der Waals surface area contributed by atoms with Crippen LogP contribution in [0, 0.1) is 0 Å². The molecule has 2 heterocycles. The van der Waals surface area contributed by atoms with Crippen LogP contribution in [0.25, 0.3) is 10.2 Å². The number of morpholine rings is 1. The number of aromatic nitrogens is 1.